The van der Waals surface area contributed by atoms with E-state index in [1.54, 1.807) is 0 Å². The third-order valence-electron chi connectivity index (χ3n) is 3.50. The van der Waals surface area contributed by atoms with E-state index in [2.05, 4.69) is 20.8 Å². The molecule has 16 heavy (non-hydrogen) atoms. The van der Waals surface area contributed by atoms with E-state index in [1.807, 2.05) is 11.8 Å². The molecule has 0 aromatic carbocycles. The van der Waals surface area contributed by atoms with Crippen molar-refractivity contribution in [3.8, 4) is 0 Å². The number of nitrogens with zero attached hydrogens (tertiary/aromatic N) is 1. The van der Waals surface area contributed by atoms with Crippen molar-refractivity contribution in [3.63, 3.8) is 0 Å². The number of piperidine rings is 1. The maximum absolute atomic E-state index is 11.7. The van der Waals surface area contributed by atoms with E-state index in [4.69, 9.17) is 4.74 Å². The molecule has 0 radical (unpaired) electrons. The summed E-state index contributed by atoms with van der Waals surface area (Å²) in [4.78, 5) is 13.7. The summed E-state index contributed by atoms with van der Waals surface area (Å²) in [6.07, 6.45) is 2.25. The Morgan fingerprint density at radius 2 is 1.88 bits per heavy atom. The lowest BCUT2D eigenvalue weighted by atomic mass is 9.75. The molecule has 0 atom stereocenters. The SMILES string of the molecule is CCOCC(=O)N1CCC(C(C)(C)C)CC1. The minimum atomic E-state index is 0.147. The molecule has 0 unspecified atom stereocenters. The summed E-state index contributed by atoms with van der Waals surface area (Å²) < 4.78 is 5.15. The van der Waals surface area contributed by atoms with E-state index in [0.717, 1.165) is 31.8 Å². The average Bonchev–Trinajstić information content (AvgIpc) is 2.25. The number of ether oxygens (including phenoxy) is 1. The quantitative estimate of drug-likeness (QED) is 0.740. The zero-order valence-corrected chi connectivity index (χ0v) is 11.1. The highest BCUT2D eigenvalue weighted by Gasteiger charge is 2.30. The van der Waals surface area contributed by atoms with Gasteiger partial charge in [-0.1, -0.05) is 20.8 Å². The maximum Gasteiger partial charge on any atom is 0.248 e. The first-order chi connectivity index (χ1) is 7.45. The second kappa shape index (κ2) is 5.67. The second-order valence-corrected chi connectivity index (χ2v) is 5.66. The molecule has 1 rings (SSSR count). The molecule has 0 N–H and O–H groups in total. The van der Waals surface area contributed by atoms with Crippen molar-refractivity contribution < 1.29 is 9.53 Å². The first-order valence-electron chi connectivity index (χ1n) is 6.30. The highest BCUT2D eigenvalue weighted by atomic mass is 16.5. The first-order valence-corrected chi connectivity index (χ1v) is 6.30. The van der Waals surface area contributed by atoms with Crippen molar-refractivity contribution in [1.82, 2.24) is 4.90 Å². The summed E-state index contributed by atoms with van der Waals surface area (Å²) in [5, 5.41) is 0. The van der Waals surface area contributed by atoms with Gasteiger partial charge in [0.2, 0.25) is 5.91 Å². The second-order valence-electron chi connectivity index (χ2n) is 5.66. The fraction of sp³-hybridized carbons (Fsp3) is 0.923. The third kappa shape index (κ3) is 3.78. The zero-order valence-electron chi connectivity index (χ0n) is 11.1. The zero-order chi connectivity index (χ0) is 12.2. The smallest absolute Gasteiger partial charge is 0.248 e. The van der Waals surface area contributed by atoms with Crippen molar-refractivity contribution in [2.24, 2.45) is 11.3 Å². The van der Waals surface area contributed by atoms with Crippen molar-refractivity contribution in [3.05, 3.63) is 0 Å². The van der Waals surface area contributed by atoms with Crippen LogP contribution in [0.1, 0.15) is 40.5 Å². The van der Waals surface area contributed by atoms with Crippen LogP contribution in [0.3, 0.4) is 0 Å². The van der Waals surface area contributed by atoms with Crippen LogP contribution in [0, 0.1) is 11.3 Å². The summed E-state index contributed by atoms with van der Waals surface area (Å²) in [6.45, 7) is 11.4. The van der Waals surface area contributed by atoms with E-state index in [9.17, 15) is 4.79 Å². The topological polar surface area (TPSA) is 29.5 Å². The fourth-order valence-electron chi connectivity index (χ4n) is 2.28. The molecule has 0 saturated carbocycles. The molecule has 1 aliphatic heterocycles. The molecule has 1 fully saturated rings. The van der Waals surface area contributed by atoms with Crippen molar-refractivity contribution in [2.45, 2.75) is 40.5 Å². The molecule has 0 spiro atoms. The molecule has 1 heterocycles. The van der Waals surface area contributed by atoms with Crippen molar-refractivity contribution in [1.29, 1.82) is 0 Å². The Hall–Kier alpha value is -0.570. The number of carbonyl (C=O) groups excluding carboxylic acids is 1. The Bertz CT molecular complexity index is 225. The lowest BCUT2D eigenvalue weighted by molar-refractivity contribution is -0.137. The molecular weight excluding hydrogens is 202 g/mol. The Morgan fingerprint density at radius 3 is 2.31 bits per heavy atom. The summed E-state index contributed by atoms with van der Waals surface area (Å²) in [7, 11) is 0. The van der Waals surface area contributed by atoms with E-state index < -0.39 is 0 Å². The highest BCUT2D eigenvalue weighted by Crippen LogP contribution is 2.34. The van der Waals surface area contributed by atoms with E-state index in [0.29, 0.717) is 12.0 Å². The van der Waals surface area contributed by atoms with Crippen molar-refractivity contribution in [2.75, 3.05) is 26.3 Å². The van der Waals surface area contributed by atoms with Crippen LogP contribution in [0.2, 0.25) is 0 Å². The molecule has 1 saturated heterocycles. The van der Waals surface area contributed by atoms with Crippen LogP contribution in [0.4, 0.5) is 0 Å². The van der Waals surface area contributed by atoms with E-state index in [1.165, 1.54) is 0 Å². The third-order valence-corrected chi connectivity index (χ3v) is 3.50. The van der Waals surface area contributed by atoms with Crippen LogP contribution in [-0.4, -0.2) is 37.1 Å². The van der Waals surface area contributed by atoms with Gasteiger partial charge in [-0.05, 0) is 31.1 Å². The van der Waals surface area contributed by atoms with Crippen molar-refractivity contribution >= 4 is 5.91 Å². The minimum absolute atomic E-state index is 0.147. The largest absolute Gasteiger partial charge is 0.372 e. The molecule has 0 aromatic rings. The van der Waals surface area contributed by atoms with Gasteiger partial charge in [-0.15, -0.1) is 0 Å². The number of likely N-dealkylation sites (tertiary alicyclic amines) is 1. The molecule has 94 valence electrons. The minimum Gasteiger partial charge on any atom is -0.372 e. The lowest BCUT2D eigenvalue weighted by Crippen LogP contribution is -2.42. The summed E-state index contributed by atoms with van der Waals surface area (Å²) in [5.74, 6) is 0.887. The summed E-state index contributed by atoms with van der Waals surface area (Å²) in [6, 6.07) is 0. The van der Waals surface area contributed by atoms with Gasteiger partial charge in [0, 0.05) is 19.7 Å². The lowest BCUT2D eigenvalue weighted by Gasteiger charge is -2.38. The molecule has 3 heteroatoms. The number of amides is 1. The normalized spacial score (nSPS) is 18.9. The highest BCUT2D eigenvalue weighted by molar-refractivity contribution is 5.77. The first kappa shape index (κ1) is 13.5. The molecule has 1 aliphatic rings. The Kier molecular flexibility index (Phi) is 4.78. The van der Waals surface area contributed by atoms with Gasteiger partial charge in [0.05, 0.1) is 0 Å². The fourth-order valence-corrected chi connectivity index (χ4v) is 2.28. The van der Waals surface area contributed by atoms with Gasteiger partial charge in [-0.25, -0.2) is 0 Å². The van der Waals surface area contributed by atoms with Gasteiger partial charge in [-0.3, -0.25) is 4.79 Å². The monoisotopic (exact) mass is 227 g/mol. The Morgan fingerprint density at radius 1 is 1.31 bits per heavy atom. The van der Waals surface area contributed by atoms with Crippen LogP contribution in [0.25, 0.3) is 0 Å². The van der Waals surface area contributed by atoms with Crippen LogP contribution >= 0.6 is 0 Å². The standard InChI is InChI=1S/C13H25NO2/c1-5-16-10-12(15)14-8-6-11(7-9-14)13(2,3)4/h11H,5-10H2,1-4H3. The predicted octanol–water partition coefficient (Wildman–Crippen LogP) is 2.31. The van der Waals surface area contributed by atoms with Gasteiger partial charge in [0.25, 0.3) is 0 Å². The van der Waals surface area contributed by atoms with Crippen LogP contribution in [0.15, 0.2) is 0 Å². The van der Waals surface area contributed by atoms with Gasteiger partial charge >= 0.3 is 0 Å². The molecule has 3 nitrogen and oxygen atoms in total. The number of carbonyl (C=O) groups is 1. The number of hydrogen-bond donors (Lipinski definition) is 0. The van der Waals surface area contributed by atoms with Gasteiger partial charge in [-0.2, -0.15) is 0 Å². The maximum atomic E-state index is 11.7. The van der Waals surface area contributed by atoms with Gasteiger partial charge in [0.1, 0.15) is 6.61 Å². The summed E-state index contributed by atoms with van der Waals surface area (Å²) in [5.41, 5.74) is 0.370. The van der Waals surface area contributed by atoms with Gasteiger partial charge in [0.15, 0.2) is 0 Å². The Balaban J connectivity index is 2.34. The summed E-state index contributed by atoms with van der Waals surface area (Å²) >= 11 is 0. The number of rotatable bonds is 3. The average molecular weight is 227 g/mol. The van der Waals surface area contributed by atoms with Crippen LogP contribution < -0.4 is 0 Å². The molecule has 1 amide bonds. The van der Waals surface area contributed by atoms with E-state index >= 15 is 0 Å². The molecule has 0 aliphatic carbocycles. The Labute approximate surface area is 99.1 Å². The predicted molar refractivity (Wildman–Crippen MR) is 65.3 cm³/mol. The molecule has 0 aromatic heterocycles. The van der Waals surface area contributed by atoms with Crippen LogP contribution in [-0.2, 0) is 9.53 Å². The van der Waals surface area contributed by atoms with E-state index in [-0.39, 0.29) is 12.5 Å². The molecule has 0 bridgehead atoms. The van der Waals surface area contributed by atoms with Gasteiger partial charge < -0.3 is 9.64 Å². The molecular formula is C13H25NO2. The van der Waals surface area contributed by atoms with Crippen LogP contribution in [0.5, 0.6) is 0 Å². The number of hydrogen-bond acceptors (Lipinski definition) is 2.